The Kier molecular flexibility index (Phi) is 6.73. The molecule has 1 aliphatic heterocycles. The van der Waals surface area contributed by atoms with Crippen molar-refractivity contribution in [3.05, 3.63) is 59.4 Å². The van der Waals surface area contributed by atoms with Crippen molar-refractivity contribution in [2.24, 2.45) is 7.05 Å². The average molecular weight is 554 g/mol. The Hall–Kier alpha value is -3.93. The minimum absolute atomic E-state index is 0.259. The predicted octanol–water partition coefficient (Wildman–Crippen LogP) is 4.85. The van der Waals surface area contributed by atoms with Crippen LogP contribution in [0.15, 0.2) is 36.8 Å². The second-order valence-corrected chi connectivity index (χ2v) is 10.2. The number of aryl methyl sites for hydroxylation is 1. The van der Waals surface area contributed by atoms with E-state index in [4.69, 9.17) is 14.6 Å². The Bertz CT molecular complexity index is 1520. The van der Waals surface area contributed by atoms with E-state index in [0.717, 1.165) is 65.9 Å². The van der Waals surface area contributed by atoms with Crippen LogP contribution in [0.1, 0.15) is 41.4 Å². The van der Waals surface area contributed by atoms with Crippen molar-refractivity contribution in [3.8, 4) is 28.5 Å². The van der Waals surface area contributed by atoms with Gasteiger partial charge in [0.25, 0.3) is 0 Å². The molecule has 9 nitrogen and oxygen atoms in total. The Morgan fingerprint density at radius 2 is 1.85 bits per heavy atom. The maximum atomic E-state index is 13.4. The van der Waals surface area contributed by atoms with Crippen LogP contribution in [0.25, 0.3) is 22.6 Å². The zero-order valence-electron chi connectivity index (χ0n) is 22.6. The lowest BCUT2D eigenvalue weighted by Crippen LogP contribution is -2.31. The molecule has 0 spiro atoms. The molecular formula is C28H30F3N7O2. The molecule has 210 valence electrons. The van der Waals surface area contributed by atoms with Gasteiger partial charge in [0.2, 0.25) is 5.88 Å². The van der Waals surface area contributed by atoms with E-state index in [-0.39, 0.29) is 19.0 Å². The number of fused-ring (bicyclic) bond motifs is 1. The summed E-state index contributed by atoms with van der Waals surface area (Å²) in [5.74, 6) is 1.18. The summed E-state index contributed by atoms with van der Waals surface area (Å²) in [6.45, 7) is 1.96. The fraction of sp³-hybridized carbons (Fsp3) is 0.429. The van der Waals surface area contributed by atoms with Crippen molar-refractivity contribution in [2.75, 3.05) is 32.3 Å². The number of alkyl halides is 3. The van der Waals surface area contributed by atoms with Crippen LogP contribution < -0.4 is 9.64 Å². The monoisotopic (exact) mass is 553 g/mol. The van der Waals surface area contributed by atoms with Gasteiger partial charge in [-0.15, -0.1) is 0 Å². The molecule has 0 radical (unpaired) electrons. The van der Waals surface area contributed by atoms with Gasteiger partial charge in [-0.2, -0.15) is 18.3 Å². The van der Waals surface area contributed by atoms with E-state index in [2.05, 4.69) is 19.9 Å². The summed E-state index contributed by atoms with van der Waals surface area (Å²) in [6.07, 6.45) is 1.05. The summed E-state index contributed by atoms with van der Waals surface area (Å²) in [7, 11) is 5.09. The van der Waals surface area contributed by atoms with Gasteiger partial charge in [0.1, 0.15) is 17.8 Å². The zero-order valence-corrected chi connectivity index (χ0v) is 22.6. The number of anilines is 1. The summed E-state index contributed by atoms with van der Waals surface area (Å²) < 4.78 is 54.3. The number of hydrogen-bond acceptors (Lipinski definition) is 7. The smallest absolute Gasteiger partial charge is 0.434 e. The first-order valence-electron chi connectivity index (χ1n) is 13.2. The third kappa shape index (κ3) is 4.80. The number of nitrogens with zero attached hydrogens (tertiary/aromatic N) is 7. The maximum absolute atomic E-state index is 13.4. The van der Waals surface area contributed by atoms with Crippen LogP contribution in [-0.4, -0.2) is 56.7 Å². The van der Waals surface area contributed by atoms with Crippen molar-refractivity contribution in [1.29, 1.82) is 0 Å². The molecule has 2 aliphatic rings. The van der Waals surface area contributed by atoms with E-state index in [1.54, 1.807) is 13.4 Å². The van der Waals surface area contributed by atoms with Crippen LogP contribution >= 0.6 is 0 Å². The molecule has 6 rings (SSSR count). The van der Waals surface area contributed by atoms with Crippen molar-refractivity contribution < 1.29 is 22.6 Å². The molecule has 0 amide bonds. The highest BCUT2D eigenvalue weighted by Gasteiger charge is 2.36. The van der Waals surface area contributed by atoms with Crippen molar-refractivity contribution in [3.63, 3.8) is 0 Å². The Morgan fingerprint density at radius 1 is 1.07 bits per heavy atom. The molecule has 0 saturated heterocycles. The highest BCUT2D eigenvalue weighted by molar-refractivity contribution is 5.73. The average Bonchev–Trinajstić information content (AvgIpc) is 3.63. The van der Waals surface area contributed by atoms with Gasteiger partial charge in [0.15, 0.2) is 5.69 Å². The number of methoxy groups -OCH3 is 2. The lowest BCUT2D eigenvalue weighted by molar-refractivity contribution is -0.140. The summed E-state index contributed by atoms with van der Waals surface area (Å²) in [6, 6.07) is 7.50. The van der Waals surface area contributed by atoms with E-state index in [9.17, 15) is 13.2 Å². The molecule has 40 heavy (non-hydrogen) atoms. The number of rotatable bonds is 8. The number of imidazole rings is 1. The van der Waals surface area contributed by atoms with Gasteiger partial charge in [0.05, 0.1) is 25.0 Å². The second-order valence-electron chi connectivity index (χ2n) is 10.2. The molecule has 0 N–H and O–H groups in total. The fourth-order valence-corrected chi connectivity index (χ4v) is 5.40. The second kappa shape index (κ2) is 10.2. The molecule has 0 unspecified atom stereocenters. The lowest BCUT2D eigenvalue weighted by Gasteiger charge is -2.30. The van der Waals surface area contributed by atoms with E-state index in [1.165, 1.54) is 11.7 Å². The van der Waals surface area contributed by atoms with Crippen LogP contribution in [0.3, 0.4) is 0 Å². The van der Waals surface area contributed by atoms with E-state index >= 15 is 0 Å². The van der Waals surface area contributed by atoms with Gasteiger partial charge in [-0.3, -0.25) is 4.68 Å². The van der Waals surface area contributed by atoms with Crippen LogP contribution in [0.4, 0.5) is 18.9 Å². The van der Waals surface area contributed by atoms with Gasteiger partial charge in [0, 0.05) is 74.8 Å². The lowest BCUT2D eigenvalue weighted by atomic mass is 9.98. The zero-order chi connectivity index (χ0) is 28.0. The highest BCUT2D eigenvalue weighted by atomic mass is 19.4. The fourth-order valence-electron chi connectivity index (χ4n) is 5.40. The topological polar surface area (TPSA) is 83.1 Å². The SMILES string of the molecule is COCCn1cc(C(F)(F)F)nc1-c1ccc(N2CCc3c(c(-c4c(OC)ncnc4C4CC4)nn3C)C2)cc1. The van der Waals surface area contributed by atoms with E-state index < -0.39 is 11.9 Å². The molecule has 1 aliphatic carbocycles. The van der Waals surface area contributed by atoms with Gasteiger partial charge < -0.3 is 18.9 Å². The molecule has 1 aromatic carbocycles. The third-order valence-corrected chi connectivity index (χ3v) is 7.57. The molecule has 1 saturated carbocycles. The summed E-state index contributed by atoms with van der Waals surface area (Å²) in [5, 5.41) is 4.90. The predicted molar refractivity (Wildman–Crippen MR) is 142 cm³/mol. The Balaban J connectivity index is 1.31. The van der Waals surface area contributed by atoms with Gasteiger partial charge >= 0.3 is 6.18 Å². The molecule has 0 bridgehead atoms. The minimum atomic E-state index is -4.52. The number of aromatic nitrogens is 6. The first-order chi connectivity index (χ1) is 19.3. The van der Waals surface area contributed by atoms with Crippen molar-refractivity contribution >= 4 is 5.69 Å². The van der Waals surface area contributed by atoms with E-state index in [0.29, 0.717) is 23.9 Å². The van der Waals surface area contributed by atoms with Crippen molar-refractivity contribution in [1.82, 2.24) is 29.3 Å². The normalized spacial score (nSPS) is 15.4. The highest BCUT2D eigenvalue weighted by Crippen LogP contribution is 2.46. The first kappa shape index (κ1) is 26.3. The molecule has 3 aromatic heterocycles. The van der Waals surface area contributed by atoms with Crippen LogP contribution in [0, 0.1) is 0 Å². The molecule has 0 atom stereocenters. The summed E-state index contributed by atoms with van der Waals surface area (Å²) >= 11 is 0. The quantitative estimate of drug-likeness (QED) is 0.308. The Labute approximate surface area is 229 Å². The standard InChI is InChI=1S/C28H30F3N7O2/c1-36-21-10-11-37(14-20(21)25(35-36)23-24(17-4-5-17)32-16-33-27(23)40-3)19-8-6-18(7-9-19)26-34-22(28(29,30)31)15-38(26)12-13-39-2/h6-9,15-17H,4-5,10-14H2,1-3H3. The summed E-state index contributed by atoms with van der Waals surface area (Å²) in [4.78, 5) is 15.1. The number of hydrogen-bond donors (Lipinski definition) is 0. The summed E-state index contributed by atoms with van der Waals surface area (Å²) in [5.41, 5.74) is 5.62. The van der Waals surface area contributed by atoms with Crippen LogP contribution in [0.5, 0.6) is 5.88 Å². The number of ether oxygens (including phenoxy) is 2. The van der Waals surface area contributed by atoms with E-state index in [1.807, 2.05) is 36.0 Å². The maximum Gasteiger partial charge on any atom is 0.434 e. The molecular weight excluding hydrogens is 523 g/mol. The molecule has 4 aromatic rings. The van der Waals surface area contributed by atoms with Gasteiger partial charge in [-0.25, -0.2) is 15.0 Å². The first-order valence-corrected chi connectivity index (χ1v) is 13.2. The largest absolute Gasteiger partial charge is 0.480 e. The van der Waals surface area contributed by atoms with Gasteiger partial charge in [-0.1, -0.05) is 0 Å². The van der Waals surface area contributed by atoms with Crippen LogP contribution in [-0.2, 0) is 37.5 Å². The number of benzene rings is 1. The van der Waals surface area contributed by atoms with Gasteiger partial charge in [-0.05, 0) is 37.1 Å². The minimum Gasteiger partial charge on any atom is -0.480 e. The molecule has 4 heterocycles. The Morgan fingerprint density at radius 3 is 2.52 bits per heavy atom. The van der Waals surface area contributed by atoms with Crippen LogP contribution in [0.2, 0.25) is 0 Å². The molecule has 1 fully saturated rings. The number of halogens is 3. The molecule has 12 heteroatoms. The third-order valence-electron chi connectivity index (χ3n) is 7.57. The van der Waals surface area contributed by atoms with Crippen molar-refractivity contribution in [2.45, 2.75) is 44.4 Å².